The summed E-state index contributed by atoms with van der Waals surface area (Å²) in [5.41, 5.74) is 6.54. The van der Waals surface area contributed by atoms with Gasteiger partial charge in [-0.25, -0.2) is 9.97 Å². The van der Waals surface area contributed by atoms with Gasteiger partial charge in [-0.1, -0.05) is 6.07 Å². The van der Waals surface area contributed by atoms with Crippen LogP contribution < -0.4 is 5.43 Å². The summed E-state index contributed by atoms with van der Waals surface area (Å²) in [6.07, 6.45) is 7.85. The van der Waals surface area contributed by atoms with E-state index in [0.29, 0.717) is 35.4 Å². The van der Waals surface area contributed by atoms with E-state index in [1.54, 1.807) is 18.7 Å². The van der Waals surface area contributed by atoms with E-state index in [4.69, 9.17) is 9.40 Å². The number of hydrogen-bond acceptors (Lipinski definition) is 6. The number of aromatic nitrogens is 3. The predicted octanol–water partition coefficient (Wildman–Crippen LogP) is 3.82. The third-order valence-corrected chi connectivity index (χ3v) is 5.62. The summed E-state index contributed by atoms with van der Waals surface area (Å²) in [5, 5.41) is 0.681. The van der Waals surface area contributed by atoms with E-state index in [2.05, 4.69) is 14.9 Å². The van der Waals surface area contributed by atoms with Gasteiger partial charge in [0.05, 0.1) is 17.3 Å². The van der Waals surface area contributed by atoms with Crippen LogP contribution in [0.15, 0.2) is 58.3 Å². The first-order valence-electron chi connectivity index (χ1n) is 10.1. The fourth-order valence-corrected chi connectivity index (χ4v) is 4.15. The molecule has 0 atom stereocenters. The van der Waals surface area contributed by atoms with Crippen molar-refractivity contribution in [3.8, 4) is 11.4 Å². The van der Waals surface area contributed by atoms with Gasteiger partial charge < -0.3 is 4.42 Å². The molecule has 0 unspecified atom stereocenters. The molecule has 1 aromatic carbocycles. The number of rotatable bonds is 3. The summed E-state index contributed by atoms with van der Waals surface area (Å²) >= 11 is 0. The van der Waals surface area contributed by atoms with Gasteiger partial charge in [-0.15, -0.1) is 0 Å². The summed E-state index contributed by atoms with van der Waals surface area (Å²) in [5.74, 6) is 0.705. The zero-order chi connectivity index (χ0) is 20.7. The lowest BCUT2D eigenvalue weighted by Crippen LogP contribution is -2.32. The summed E-state index contributed by atoms with van der Waals surface area (Å²) in [6, 6.07) is 7.80. The molecule has 6 heteroatoms. The minimum Gasteiger partial charge on any atom is -0.464 e. The number of nitrogens with zero attached hydrogens (tertiary/aromatic N) is 4. The van der Waals surface area contributed by atoms with E-state index in [-0.39, 0.29) is 5.43 Å². The minimum absolute atomic E-state index is 0.0581. The summed E-state index contributed by atoms with van der Waals surface area (Å²) in [4.78, 5) is 28.7. The van der Waals surface area contributed by atoms with Crippen molar-refractivity contribution in [1.29, 1.82) is 0 Å². The van der Waals surface area contributed by atoms with Crippen LogP contribution in [0.4, 0.5) is 0 Å². The van der Waals surface area contributed by atoms with E-state index >= 15 is 0 Å². The second-order valence-electron chi connectivity index (χ2n) is 7.91. The Morgan fingerprint density at radius 2 is 2.10 bits per heavy atom. The Labute approximate surface area is 174 Å². The van der Waals surface area contributed by atoms with Gasteiger partial charge in [-0.3, -0.25) is 14.7 Å². The zero-order valence-electron chi connectivity index (χ0n) is 17.1. The molecule has 0 bridgehead atoms. The fraction of sp³-hybridized carbons (Fsp3) is 0.250. The summed E-state index contributed by atoms with van der Waals surface area (Å²) < 4.78 is 5.80. The number of fused-ring (bicyclic) bond motifs is 2. The molecule has 0 saturated carbocycles. The Morgan fingerprint density at radius 1 is 1.20 bits per heavy atom. The molecular formula is C24H22N4O2. The first kappa shape index (κ1) is 18.6. The first-order chi connectivity index (χ1) is 14.6. The van der Waals surface area contributed by atoms with E-state index < -0.39 is 0 Å². The molecule has 0 spiro atoms. The summed E-state index contributed by atoms with van der Waals surface area (Å²) in [6.45, 7) is 6.07. The normalized spacial score (nSPS) is 14.1. The van der Waals surface area contributed by atoms with Crippen LogP contribution in [0.25, 0.3) is 22.4 Å². The molecule has 30 heavy (non-hydrogen) atoms. The highest BCUT2D eigenvalue weighted by atomic mass is 16.3. The number of hydrogen-bond donors (Lipinski definition) is 0. The van der Waals surface area contributed by atoms with Crippen molar-refractivity contribution in [3.05, 3.63) is 87.3 Å². The molecule has 0 fully saturated rings. The van der Waals surface area contributed by atoms with E-state index in [1.807, 2.05) is 44.3 Å². The Morgan fingerprint density at radius 3 is 2.93 bits per heavy atom. The SMILES string of the molecule is Cc1cc(C)c2c(=O)c(CN3CCc4nc(-c5cccnc5)ncc4C3)coc2c1. The molecule has 4 heterocycles. The van der Waals surface area contributed by atoms with Crippen LogP contribution in [0.1, 0.15) is 27.9 Å². The maximum Gasteiger partial charge on any atom is 0.197 e. The fourth-order valence-electron chi connectivity index (χ4n) is 4.15. The Balaban J connectivity index is 1.39. The monoisotopic (exact) mass is 398 g/mol. The second-order valence-corrected chi connectivity index (χ2v) is 7.91. The van der Waals surface area contributed by atoms with Gasteiger partial charge in [0.1, 0.15) is 5.58 Å². The van der Waals surface area contributed by atoms with Crippen LogP contribution >= 0.6 is 0 Å². The van der Waals surface area contributed by atoms with Crippen LogP contribution in [-0.4, -0.2) is 26.4 Å². The van der Waals surface area contributed by atoms with Gasteiger partial charge in [0.15, 0.2) is 11.3 Å². The third kappa shape index (κ3) is 3.39. The van der Waals surface area contributed by atoms with Crippen molar-refractivity contribution >= 4 is 11.0 Å². The van der Waals surface area contributed by atoms with Crippen molar-refractivity contribution in [2.45, 2.75) is 33.4 Å². The van der Waals surface area contributed by atoms with Crippen LogP contribution in [-0.2, 0) is 19.5 Å². The molecule has 1 aliphatic heterocycles. The smallest absolute Gasteiger partial charge is 0.197 e. The van der Waals surface area contributed by atoms with Crippen molar-refractivity contribution in [2.24, 2.45) is 0 Å². The maximum absolute atomic E-state index is 13.1. The minimum atomic E-state index is 0.0581. The molecule has 150 valence electrons. The van der Waals surface area contributed by atoms with Crippen molar-refractivity contribution in [2.75, 3.05) is 6.54 Å². The zero-order valence-corrected chi connectivity index (χ0v) is 17.1. The average Bonchev–Trinajstić information content (AvgIpc) is 2.75. The molecule has 6 nitrogen and oxygen atoms in total. The van der Waals surface area contributed by atoms with E-state index in [0.717, 1.165) is 40.9 Å². The molecule has 0 amide bonds. The van der Waals surface area contributed by atoms with Crippen LogP contribution in [0.3, 0.4) is 0 Å². The lowest BCUT2D eigenvalue weighted by molar-refractivity contribution is 0.240. The molecule has 0 aliphatic carbocycles. The van der Waals surface area contributed by atoms with Crippen LogP contribution in [0.2, 0.25) is 0 Å². The van der Waals surface area contributed by atoms with E-state index in [9.17, 15) is 4.79 Å². The molecular weight excluding hydrogens is 376 g/mol. The molecule has 4 aromatic rings. The largest absolute Gasteiger partial charge is 0.464 e. The average molecular weight is 398 g/mol. The lowest BCUT2D eigenvalue weighted by atomic mass is 10.0. The first-order valence-corrected chi connectivity index (χ1v) is 10.1. The van der Waals surface area contributed by atoms with Gasteiger partial charge in [0.2, 0.25) is 0 Å². The Hall–Kier alpha value is -3.38. The highest BCUT2D eigenvalue weighted by Gasteiger charge is 2.21. The quantitative estimate of drug-likeness (QED) is 0.522. The Kier molecular flexibility index (Phi) is 4.64. The van der Waals surface area contributed by atoms with Gasteiger partial charge in [-0.2, -0.15) is 0 Å². The predicted molar refractivity (Wildman–Crippen MR) is 115 cm³/mol. The highest BCUT2D eigenvalue weighted by Crippen LogP contribution is 2.23. The third-order valence-electron chi connectivity index (χ3n) is 5.62. The maximum atomic E-state index is 13.1. The van der Waals surface area contributed by atoms with Crippen molar-refractivity contribution in [3.63, 3.8) is 0 Å². The molecule has 5 rings (SSSR count). The Bertz CT molecular complexity index is 1300. The number of pyridine rings is 1. The van der Waals surface area contributed by atoms with Crippen molar-refractivity contribution < 1.29 is 4.42 Å². The standard InChI is InChI=1S/C24H22N4O2/c1-15-8-16(2)22-21(9-15)30-14-19(23(22)29)13-28-7-5-20-18(12-28)11-26-24(27-20)17-4-3-6-25-10-17/h3-4,6,8-11,14H,5,7,12-13H2,1-2H3. The molecule has 0 N–H and O–H groups in total. The molecule has 0 radical (unpaired) electrons. The number of aryl methyl sites for hydroxylation is 2. The van der Waals surface area contributed by atoms with Gasteiger partial charge in [-0.05, 0) is 43.2 Å². The second kappa shape index (κ2) is 7.46. The summed E-state index contributed by atoms with van der Waals surface area (Å²) in [7, 11) is 0. The highest BCUT2D eigenvalue weighted by molar-refractivity contribution is 5.81. The van der Waals surface area contributed by atoms with Gasteiger partial charge in [0.25, 0.3) is 0 Å². The van der Waals surface area contributed by atoms with Crippen LogP contribution in [0.5, 0.6) is 0 Å². The van der Waals surface area contributed by atoms with Gasteiger partial charge in [0, 0.05) is 61.3 Å². The van der Waals surface area contributed by atoms with Crippen molar-refractivity contribution in [1.82, 2.24) is 19.9 Å². The number of benzene rings is 1. The molecule has 1 aliphatic rings. The molecule has 0 saturated heterocycles. The van der Waals surface area contributed by atoms with Gasteiger partial charge >= 0.3 is 0 Å². The lowest BCUT2D eigenvalue weighted by Gasteiger charge is -2.27. The van der Waals surface area contributed by atoms with E-state index in [1.165, 1.54) is 0 Å². The molecule has 3 aromatic heterocycles. The van der Waals surface area contributed by atoms with Crippen LogP contribution in [0, 0.1) is 13.8 Å². The topological polar surface area (TPSA) is 72.1 Å².